The van der Waals surface area contributed by atoms with Crippen LogP contribution in [0.25, 0.3) is 0 Å². The average molecular weight is 369 g/mol. The number of carbonyl (C=O) groups excluding carboxylic acids is 2. The van der Waals surface area contributed by atoms with Crippen LogP contribution in [0.15, 0.2) is 29.5 Å². The fourth-order valence-electron chi connectivity index (χ4n) is 3.13. The van der Waals surface area contributed by atoms with Crippen LogP contribution in [0.1, 0.15) is 44.2 Å². The Morgan fingerprint density at radius 3 is 2.58 bits per heavy atom. The van der Waals surface area contributed by atoms with Gasteiger partial charge in [0.05, 0.1) is 21.7 Å². The Hall–Kier alpha value is -1.72. The molecule has 2 aliphatic rings. The van der Waals surface area contributed by atoms with Crippen LogP contribution >= 0.6 is 23.2 Å². The number of esters is 1. The summed E-state index contributed by atoms with van der Waals surface area (Å²) in [5, 5.41) is 6.16. The lowest BCUT2D eigenvalue weighted by Gasteiger charge is -2.29. The molecule has 0 unspecified atom stereocenters. The number of urea groups is 1. The van der Waals surface area contributed by atoms with E-state index in [1.54, 1.807) is 25.1 Å². The highest BCUT2D eigenvalue weighted by Crippen LogP contribution is 2.33. The van der Waals surface area contributed by atoms with Crippen LogP contribution in [0.3, 0.4) is 0 Å². The maximum absolute atomic E-state index is 12.7. The Morgan fingerprint density at radius 1 is 1.21 bits per heavy atom. The Kier molecular flexibility index (Phi) is 5.01. The van der Waals surface area contributed by atoms with E-state index >= 15 is 0 Å². The first-order valence-corrected chi connectivity index (χ1v) is 8.65. The summed E-state index contributed by atoms with van der Waals surface area (Å²) in [5.41, 5.74) is 1.55. The summed E-state index contributed by atoms with van der Waals surface area (Å²) in [6.07, 6.45) is 3.86. The molecule has 0 aromatic heterocycles. The van der Waals surface area contributed by atoms with E-state index in [1.807, 2.05) is 0 Å². The van der Waals surface area contributed by atoms with E-state index in [1.165, 1.54) is 0 Å². The predicted octanol–water partition coefficient (Wildman–Crippen LogP) is 4.11. The van der Waals surface area contributed by atoms with E-state index in [-0.39, 0.29) is 12.1 Å². The number of ether oxygens (including phenoxy) is 1. The summed E-state index contributed by atoms with van der Waals surface area (Å²) in [5.74, 6) is -0.414. The molecule has 0 radical (unpaired) electrons. The van der Waals surface area contributed by atoms with Crippen molar-refractivity contribution in [2.75, 3.05) is 0 Å². The van der Waals surface area contributed by atoms with E-state index in [0.717, 1.165) is 25.7 Å². The molecule has 1 fully saturated rings. The summed E-state index contributed by atoms with van der Waals surface area (Å²) in [6.45, 7) is 1.69. The van der Waals surface area contributed by atoms with Gasteiger partial charge in [-0.1, -0.05) is 29.3 Å². The van der Waals surface area contributed by atoms with Gasteiger partial charge in [0.1, 0.15) is 6.10 Å². The Morgan fingerprint density at radius 2 is 1.92 bits per heavy atom. The molecule has 1 atom stereocenters. The second kappa shape index (κ2) is 7.03. The normalized spacial score (nSPS) is 21.5. The number of hydrogen-bond acceptors (Lipinski definition) is 3. The fourth-order valence-corrected chi connectivity index (χ4v) is 3.43. The zero-order chi connectivity index (χ0) is 17.3. The van der Waals surface area contributed by atoms with E-state index in [9.17, 15) is 9.59 Å². The van der Waals surface area contributed by atoms with Crippen molar-refractivity contribution in [1.82, 2.24) is 10.6 Å². The van der Waals surface area contributed by atoms with Gasteiger partial charge in [-0.05, 0) is 50.3 Å². The summed E-state index contributed by atoms with van der Waals surface area (Å²) in [6, 6.07) is 4.03. The molecular formula is C17H18Cl2N2O3. The van der Waals surface area contributed by atoms with Crippen molar-refractivity contribution in [3.8, 4) is 0 Å². The van der Waals surface area contributed by atoms with Gasteiger partial charge < -0.3 is 15.4 Å². The van der Waals surface area contributed by atoms with Crippen molar-refractivity contribution >= 4 is 35.2 Å². The van der Waals surface area contributed by atoms with Gasteiger partial charge in [0, 0.05) is 5.70 Å². The van der Waals surface area contributed by atoms with Crippen LogP contribution in [0.2, 0.25) is 10.0 Å². The topological polar surface area (TPSA) is 67.4 Å². The molecule has 1 aliphatic carbocycles. The van der Waals surface area contributed by atoms with Gasteiger partial charge in [-0.2, -0.15) is 0 Å². The molecule has 7 heteroatoms. The number of amides is 2. The second-order valence-electron chi connectivity index (χ2n) is 6.06. The molecule has 24 heavy (non-hydrogen) atoms. The molecule has 1 aromatic rings. The van der Waals surface area contributed by atoms with Crippen molar-refractivity contribution in [2.45, 2.75) is 44.8 Å². The molecule has 5 nitrogen and oxygen atoms in total. The molecule has 1 heterocycles. The summed E-state index contributed by atoms with van der Waals surface area (Å²) < 4.78 is 5.62. The minimum Gasteiger partial charge on any atom is -0.459 e. The smallest absolute Gasteiger partial charge is 0.338 e. The van der Waals surface area contributed by atoms with Crippen molar-refractivity contribution in [1.29, 1.82) is 0 Å². The number of allylic oxidation sites excluding steroid dienone is 1. The summed E-state index contributed by atoms with van der Waals surface area (Å²) in [7, 11) is 0. The maximum Gasteiger partial charge on any atom is 0.338 e. The second-order valence-corrected chi connectivity index (χ2v) is 6.87. The molecule has 2 amide bonds. The monoisotopic (exact) mass is 368 g/mol. The van der Waals surface area contributed by atoms with Crippen LogP contribution < -0.4 is 10.6 Å². The van der Waals surface area contributed by atoms with Crippen LogP contribution in [0.5, 0.6) is 0 Å². The van der Waals surface area contributed by atoms with E-state index in [0.29, 0.717) is 26.9 Å². The largest absolute Gasteiger partial charge is 0.459 e. The van der Waals surface area contributed by atoms with Crippen LogP contribution in [-0.2, 0) is 9.53 Å². The van der Waals surface area contributed by atoms with Gasteiger partial charge in [0.2, 0.25) is 0 Å². The van der Waals surface area contributed by atoms with Gasteiger partial charge in [-0.3, -0.25) is 0 Å². The molecular weight excluding hydrogens is 351 g/mol. The zero-order valence-electron chi connectivity index (χ0n) is 13.2. The van der Waals surface area contributed by atoms with Gasteiger partial charge in [-0.15, -0.1) is 0 Å². The average Bonchev–Trinajstić information content (AvgIpc) is 3.02. The first kappa shape index (κ1) is 17.1. The number of carbonyl (C=O) groups is 2. The number of nitrogens with one attached hydrogen (secondary N) is 2. The van der Waals surface area contributed by atoms with Crippen LogP contribution in [0, 0.1) is 0 Å². The van der Waals surface area contributed by atoms with Crippen LogP contribution in [-0.4, -0.2) is 18.1 Å². The number of rotatable bonds is 3. The molecule has 0 spiro atoms. The third-order valence-corrected chi connectivity index (χ3v) is 5.08. The predicted molar refractivity (Wildman–Crippen MR) is 91.9 cm³/mol. The highest BCUT2D eigenvalue weighted by Gasteiger charge is 2.34. The Balaban J connectivity index is 1.92. The van der Waals surface area contributed by atoms with Gasteiger partial charge >= 0.3 is 12.0 Å². The number of hydrogen-bond donors (Lipinski definition) is 2. The van der Waals surface area contributed by atoms with E-state index in [2.05, 4.69) is 10.6 Å². The first-order valence-electron chi connectivity index (χ1n) is 7.90. The van der Waals surface area contributed by atoms with Crippen molar-refractivity contribution in [3.63, 3.8) is 0 Å². The third-order valence-electron chi connectivity index (χ3n) is 4.34. The zero-order valence-corrected chi connectivity index (χ0v) is 14.7. The number of halogens is 2. The Bertz CT molecular complexity index is 712. The lowest BCUT2D eigenvalue weighted by molar-refractivity contribution is -0.144. The quantitative estimate of drug-likeness (QED) is 0.788. The molecule has 128 valence electrons. The molecule has 0 bridgehead atoms. The highest BCUT2D eigenvalue weighted by atomic mass is 35.5. The van der Waals surface area contributed by atoms with E-state index < -0.39 is 12.0 Å². The molecule has 1 aromatic carbocycles. The Labute approximate surface area is 150 Å². The van der Waals surface area contributed by atoms with Gasteiger partial charge in [0.25, 0.3) is 0 Å². The van der Waals surface area contributed by atoms with Gasteiger partial charge in [-0.25, -0.2) is 9.59 Å². The molecule has 3 rings (SSSR count). The van der Waals surface area contributed by atoms with Crippen molar-refractivity contribution in [3.05, 3.63) is 45.1 Å². The van der Waals surface area contributed by atoms with Crippen molar-refractivity contribution in [2.24, 2.45) is 0 Å². The SMILES string of the molecule is CC1=C(C(=O)OC2CCCC2)[C@H](c2ccc(Cl)c(Cl)c2)NC(=O)N1. The van der Waals surface area contributed by atoms with Gasteiger partial charge in [0.15, 0.2) is 0 Å². The minimum absolute atomic E-state index is 0.0510. The first-order chi connectivity index (χ1) is 11.5. The van der Waals surface area contributed by atoms with Crippen molar-refractivity contribution < 1.29 is 14.3 Å². The van der Waals surface area contributed by atoms with Crippen LogP contribution in [0.4, 0.5) is 4.79 Å². The maximum atomic E-state index is 12.7. The lowest BCUT2D eigenvalue weighted by atomic mass is 9.95. The summed E-state index contributed by atoms with van der Waals surface area (Å²) >= 11 is 12.0. The summed E-state index contributed by atoms with van der Waals surface area (Å²) in [4.78, 5) is 24.5. The minimum atomic E-state index is -0.623. The standard InChI is InChI=1S/C17H18Cl2N2O3/c1-9-14(16(22)24-11-4-2-3-5-11)15(21-17(23)20-9)10-6-7-12(18)13(19)8-10/h6-8,11,15H,2-5H2,1H3,(H2,20,21,23)/t15-/m0/s1. The molecule has 1 saturated carbocycles. The molecule has 2 N–H and O–H groups in total. The molecule has 1 aliphatic heterocycles. The highest BCUT2D eigenvalue weighted by molar-refractivity contribution is 6.42. The van der Waals surface area contributed by atoms with E-state index in [4.69, 9.17) is 27.9 Å². The third kappa shape index (κ3) is 3.52. The fraction of sp³-hybridized carbons (Fsp3) is 0.412. The molecule has 0 saturated heterocycles. The lowest BCUT2D eigenvalue weighted by Crippen LogP contribution is -2.45. The number of benzene rings is 1.